The van der Waals surface area contributed by atoms with Crippen LogP contribution in [0.1, 0.15) is 17.3 Å². The highest BCUT2D eigenvalue weighted by Gasteiger charge is 2.15. The Balaban J connectivity index is 0.00000182. The van der Waals surface area contributed by atoms with Gasteiger partial charge in [-0.3, -0.25) is 9.97 Å². The zero-order valence-electron chi connectivity index (χ0n) is 13.5. The molecule has 2 N–H and O–H groups in total. The Bertz CT molecular complexity index is 968. The Labute approximate surface area is 151 Å². The van der Waals surface area contributed by atoms with Gasteiger partial charge < -0.3 is 5.73 Å². The predicted molar refractivity (Wildman–Crippen MR) is 101 cm³/mol. The first kappa shape index (κ1) is 17.1. The molecule has 0 aliphatic rings. The van der Waals surface area contributed by atoms with Crippen LogP contribution in [0.4, 0.5) is 0 Å². The minimum atomic E-state index is -0.155. The molecular weight excluding hydrogens is 334 g/mol. The van der Waals surface area contributed by atoms with Crippen LogP contribution in [-0.2, 0) is 6.42 Å². The molecule has 25 heavy (non-hydrogen) atoms. The van der Waals surface area contributed by atoms with Gasteiger partial charge in [-0.1, -0.05) is 24.3 Å². The smallest absolute Gasteiger partial charge is 0.0772 e. The average molecular weight is 352 g/mol. The van der Waals surface area contributed by atoms with Crippen molar-refractivity contribution in [2.24, 2.45) is 5.73 Å². The molecule has 4 rings (SSSR count). The minimum Gasteiger partial charge on any atom is -0.324 e. The summed E-state index contributed by atoms with van der Waals surface area (Å²) < 4.78 is 1.92. The van der Waals surface area contributed by atoms with Crippen molar-refractivity contribution in [2.75, 3.05) is 0 Å². The lowest BCUT2D eigenvalue weighted by molar-refractivity contribution is 0.696. The zero-order valence-corrected chi connectivity index (χ0v) is 14.3. The number of fused-ring (bicyclic) bond motifs is 1. The van der Waals surface area contributed by atoms with Gasteiger partial charge in [0, 0.05) is 42.1 Å². The fraction of sp³-hybridized carbons (Fsp3) is 0.105. The number of halogens is 1. The molecule has 0 aliphatic heterocycles. The number of benzene rings is 1. The SMILES string of the molecule is Cl.N[C@@H](Cc1ccccn1)c1ccccc1-n1ncc2cnccc21. The van der Waals surface area contributed by atoms with E-state index in [1.165, 1.54) is 0 Å². The van der Waals surface area contributed by atoms with Gasteiger partial charge >= 0.3 is 0 Å². The molecular formula is C19H18ClN5. The molecule has 1 atom stereocenters. The first-order valence-electron chi connectivity index (χ1n) is 7.85. The van der Waals surface area contributed by atoms with Gasteiger partial charge in [0.05, 0.1) is 17.4 Å². The molecule has 4 aromatic rings. The molecule has 3 aromatic heterocycles. The zero-order chi connectivity index (χ0) is 16.4. The van der Waals surface area contributed by atoms with Crippen molar-refractivity contribution in [1.29, 1.82) is 0 Å². The van der Waals surface area contributed by atoms with Gasteiger partial charge in [0.1, 0.15) is 0 Å². The van der Waals surface area contributed by atoms with Crippen LogP contribution >= 0.6 is 12.4 Å². The van der Waals surface area contributed by atoms with Gasteiger partial charge in [-0.05, 0) is 29.8 Å². The quantitative estimate of drug-likeness (QED) is 0.611. The van der Waals surface area contributed by atoms with Crippen LogP contribution < -0.4 is 5.73 Å². The highest BCUT2D eigenvalue weighted by Crippen LogP contribution is 2.25. The second kappa shape index (κ2) is 7.42. The molecule has 0 fully saturated rings. The van der Waals surface area contributed by atoms with E-state index in [0.29, 0.717) is 6.42 Å². The van der Waals surface area contributed by atoms with E-state index in [0.717, 1.165) is 27.8 Å². The van der Waals surface area contributed by atoms with Crippen molar-refractivity contribution in [3.63, 3.8) is 0 Å². The average Bonchev–Trinajstić information content (AvgIpc) is 3.06. The normalized spacial score (nSPS) is 11.9. The fourth-order valence-corrected chi connectivity index (χ4v) is 2.91. The summed E-state index contributed by atoms with van der Waals surface area (Å²) in [5, 5.41) is 5.53. The molecule has 0 bridgehead atoms. The Morgan fingerprint density at radius 2 is 1.80 bits per heavy atom. The van der Waals surface area contributed by atoms with E-state index in [-0.39, 0.29) is 18.4 Å². The van der Waals surface area contributed by atoms with Gasteiger partial charge in [0.25, 0.3) is 0 Å². The van der Waals surface area contributed by atoms with E-state index in [2.05, 4.69) is 21.1 Å². The molecule has 126 valence electrons. The number of nitrogens with zero attached hydrogens (tertiary/aromatic N) is 4. The van der Waals surface area contributed by atoms with Crippen LogP contribution in [0.25, 0.3) is 16.6 Å². The largest absolute Gasteiger partial charge is 0.324 e. The third-order valence-electron chi connectivity index (χ3n) is 4.09. The molecule has 0 unspecified atom stereocenters. The summed E-state index contributed by atoms with van der Waals surface area (Å²) in [6.45, 7) is 0. The van der Waals surface area contributed by atoms with E-state index in [9.17, 15) is 0 Å². The molecule has 0 saturated carbocycles. The van der Waals surface area contributed by atoms with Crippen LogP contribution in [0, 0.1) is 0 Å². The summed E-state index contributed by atoms with van der Waals surface area (Å²) in [5.74, 6) is 0. The van der Waals surface area contributed by atoms with Gasteiger partial charge in [-0.2, -0.15) is 5.10 Å². The van der Waals surface area contributed by atoms with Gasteiger partial charge in [-0.15, -0.1) is 12.4 Å². The second-order valence-corrected chi connectivity index (χ2v) is 5.68. The lowest BCUT2D eigenvalue weighted by Gasteiger charge is -2.16. The maximum Gasteiger partial charge on any atom is 0.0772 e. The van der Waals surface area contributed by atoms with Crippen LogP contribution in [0.2, 0.25) is 0 Å². The van der Waals surface area contributed by atoms with Crippen molar-refractivity contribution in [3.8, 4) is 5.69 Å². The fourth-order valence-electron chi connectivity index (χ4n) is 2.91. The van der Waals surface area contributed by atoms with Crippen LogP contribution in [0.5, 0.6) is 0 Å². The molecule has 6 heteroatoms. The molecule has 0 radical (unpaired) electrons. The summed E-state index contributed by atoms with van der Waals surface area (Å²) in [6, 6.07) is 15.8. The lowest BCUT2D eigenvalue weighted by Crippen LogP contribution is -2.17. The second-order valence-electron chi connectivity index (χ2n) is 5.68. The minimum absolute atomic E-state index is 0. The van der Waals surface area contributed by atoms with Crippen LogP contribution in [-0.4, -0.2) is 19.7 Å². The highest BCUT2D eigenvalue weighted by molar-refractivity contribution is 5.85. The Hall–Kier alpha value is -2.76. The molecule has 5 nitrogen and oxygen atoms in total. The van der Waals surface area contributed by atoms with Crippen LogP contribution in [0.3, 0.4) is 0 Å². The summed E-state index contributed by atoms with van der Waals surface area (Å²) in [5.41, 5.74) is 10.5. The van der Waals surface area contributed by atoms with Gasteiger partial charge in [0.15, 0.2) is 0 Å². The number of aromatic nitrogens is 4. The van der Waals surface area contributed by atoms with E-state index in [1.807, 2.05) is 59.5 Å². The van der Waals surface area contributed by atoms with Crippen molar-refractivity contribution in [1.82, 2.24) is 19.7 Å². The molecule has 0 aliphatic carbocycles. The standard InChI is InChI=1S/C19H17N5.ClH/c20-17(11-15-5-3-4-9-22-15)16-6-1-2-7-19(16)24-18-8-10-21-12-14(18)13-23-24;/h1-10,12-13,17H,11,20H2;1H/t17-;/m0./s1. The molecule has 0 spiro atoms. The van der Waals surface area contributed by atoms with Crippen molar-refractivity contribution >= 4 is 23.3 Å². The topological polar surface area (TPSA) is 69.6 Å². The van der Waals surface area contributed by atoms with Crippen molar-refractivity contribution < 1.29 is 0 Å². The van der Waals surface area contributed by atoms with E-state index < -0.39 is 0 Å². The summed E-state index contributed by atoms with van der Waals surface area (Å²) in [7, 11) is 0. The first-order chi connectivity index (χ1) is 11.8. The van der Waals surface area contributed by atoms with Crippen molar-refractivity contribution in [2.45, 2.75) is 12.5 Å². The Kier molecular flexibility index (Phi) is 5.07. The summed E-state index contributed by atoms with van der Waals surface area (Å²) >= 11 is 0. The number of pyridine rings is 2. The third kappa shape index (κ3) is 3.38. The monoisotopic (exact) mass is 351 g/mol. The number of nitrogens with two attached hydrogens (primary N) is 1. The Morgan fingerprint density at radius 1 is 0.960 bits per heavy atom. The van der Waals surface area contributed by atoms with Gasteiger partial charge in [0.2, 0.25) is 0 Å². The third-order valence-corrected chi connectivity index (χ3v) is 4.09. The van der Waals surface area contributed by atoms with E-state index in [1.54, 1.807) is 12.4 Å². The molecule has 3 heterocycles. The lowest BCUT2D eigenvalue weighted by atomic mass is 10.0. The molecule has 1 aromatic carbocycles. The molecule has 0 saturated heterocycles. The predicted octanol–water partition coefficient (Wildman–Crippen LogP) is 3.48. The Morgan fingerprint density at radius 3 is 2.64 bits per heavy atom. The number of hydrogen-bond acceptors (Lipinski definition) is 4. The van der Waals surface area contributed by atoms with Crippen molar-refractivity contribution in [3.05, 3.63) is 84.6 Å². The maximum atomic E-state index is 6.48. The summed E-state index contributed by atoms with van der Waals surface area (Å²) in [4.78, 5) is 8.52. The summed E-state index contributed by atoms with van der Waals surface area (Å²) in [6.07, 6.45) is 7.89. The number of rotatable bonds is 4. The van der Waals surface area contributed by atoms with Gasteiger partial charge in [-0.25, -0.2) is 4.68 Å². The highest BCUT2D eigenvalue weighted by atomic mass is 35.5. The number of hydrogen-bond donors (Lipinski definition) is 1. The van der Waals surface area contributed by atoms with Crippen LogP contribution in [0.15, 0.2) is 73.3 Å². The molecule has 0 amide bonds. The maximum absolute atomic E-state index is 6.48. The van der Waals surface area contributed by atoms with E-state index >= 15 is 0 Å². The van der Waals surface area contributed by atoms with E-state index in [4.69, 9.17) is 5.73 Å². The first-order valence-corrected chi connectivity index (χ1v) is 7.85. The number of para-hydroxylation sites is 1.